The third kappa shape index (κ3) is 2.66. The normalized spacial score (nSPS) is 22.9. The van der Waals surface area contributed by atoms with Gasteiger partial charge in [0.15, 0.2) is 5.17 Å². The van der Waals surface area contributed by atoms with Crippen LogP contribution in [0.4, 0.5) is 5.69 Å². The van der Waals surface area contributed by atoms with Crippen molar-refractivity contribution in [2.45, 2.75) is 12.8 Å². The van der Waals surface area contributed by atoms with Crippen LogP contribution in [0.25, 0.3) is 5.70 Å². The lowest BCUT2D eigenvalue weighted by molar-refractivity contribution is -0.117. The molecule has 120 valence electrons. The maximum atomic E-state index is 11.8. The summed E-state index contributed by atoms with van der Waals surface area (Å²) in [7, 11) is -3.32. The fourth-order valence-corrected chi connectivity index (χ4v) is 5.11. The van der Waals surface area contributed by atoms with Gasteiger partial charge in [0, 0.05) is 30.6 Å². The highest BCUT2D eigenvalue weighted by molar-refractivity contribution is 8.17. The lowest BCUT2D eigenvalue weighted by Crippen LogP contribution is -2.34. The Labute approximate surface area is 138 Å². The first-order chi connectivity index (χ1) is 11.0. The summed E-state index contributed by atoms with van der Waals surface area (Å²) in [6, 6.07) is 7.83. The molecule has 1 aromatic rings. The molecule has 4 rings (SSSR count). The summed E-state index contributed by atoms with van der Waals surface area (Å²) in [6.07, 6.45) is 1.52. The van der Waals surface area contributed by atoms with E-state index in [1.807, 2.05) is 39.5 Å². The largest absolute Gasteiger partial charge is 0.318 e. The molecule has 0 N–H and O–H groups in total. The Morgan fingerprint density at radius 3 is 2.57 bits per heavy atom. The smallest absolute Gasteiger partial charge is 0.257 e. The van der Waals surface area contributed by atoms with Gasteiger partial charge in [-0.3, -0.25) is 4.79 Å². The summed E-state index contributed by atoms with van der Waals surface area (Å²) in [4.78, 5) is 15.5. The lowest BCUT2D eigenvalue weighted by atomic mass is 10.1. The second-order valence-electron chi connectivity index (χ2n) is 5.63. The summed E-state index contributed by atoms with van der Waals surface area (Å²) in [5.41, 5.74) is 2.87. The van der Waals surface area contributed by atoms with Gasteiger partial charge >= 0.3 is 0 Å². The zero-order valence-electron chi connectivity index (χ0n) is 12.3. The molecule has 0 radical (unpaired) electrons. The molecule has 3 heterocycles. The topological polar surface area (TPSA) is 70.0 Å². The molecule has 3 aliphatic heterocycles. The molecule has 1 aromatic carbocycles. The number of carbonyl (C=O) groups excluding carboxylic acids is 1. The molecule has 6 nitrogen and oxygen atoms in total. The van der Waals surface area contributed by atoms with Crippen molar-refractivity contribution >= 4 is 44.2 Å². The molecule has 0 aromatic heterocycles. The molecule has 3 aliphatic rings. The van der Waals surface area contributed by atoms with Crippen LogP contribution in [0.3, 0.4) is 0 Å². The Morgan fingerprint density at radius 2 is 1.87 bits per heavy atom. The van der Waals surface area contributed by atoms with Crippen molar-refractivity contribution in [2.24, 2.45) is 4.40 Å². The van der Waals surface area contributed by atoms with E-state index in [9.17, 15) is 13.2 Å². The Balaban J connectivity index is 1.59. The number of amidine groups is 1. The van der Waals surface area contributed by atoms with E-state index in [0.717, 1.165) is 29.9 Å². The maximum Gasteiger partial charge on any atom is 0.257 e. The van der Waals surface area contributed by atoms with Gasteiger partial charge < -0.3 is 9.80 Å². The highest BCUT2D eigenvalue weighted by atomic mass is 32.2. The minimum Gasteiger partial charge on any atom is -0.318 e. The summed E-state index contributed by atoms with van der Waals surface area (Å²) < 4.78 is 27.0. The van der Waals surface area contributed by atoms with Gasteiger partial charge in [0.2, 0.25) is 5.91 Å². The molecule has 0 bridgehead atoms. The van der Waals surface area contributed by atoms with E-state index in [1.165, 1.54) is 11.8 Å². The van der Waals surface area contributed by atoms with Crippen LogP contribution >= 0.6 is 11.8 Å². The molecular formula is C15H15N3O3S2. The number of anilines is 1. The minimum atomic E-state index is -3.32. The quantitative estimate of drug-likeness (QED) is 0.815. The third-order valence-electron chi connectivity index (χ3n) is 4.14. The fraction of sp³-hybridized carbons (Fsp3) is 0.333. The molecule has 0 atom stereocenters. The molecule has 8 heteroatoms. The van der Waals surface area contributed by atoms with Crippen molar-refractivity contribution in [1.82, 2.24) is 4.90 Å². The van der Waals surface area contributed by atoms with Crippen LogP contribution in [0.1, 0.15) is 18.4 Å². The third-order valence-corrected chi connectivity index (χ3v) is 6.26. The molecule has 0 aliphatic carbocycles. The Hall–Kier alpha value is -1.80. The number of fused-ring (bicyclic) bond motifs is 1. The number of thioether (sulfide) groups is 1. The first kappa shape index (κ1) is 14.8. The highest BCUT2D eigenvalue weighted by Crippen LogP contribution is 2.36. The minimum absolute atomic E-state index is 0.0365. The number of nitrogens with zero attached hydrogens (tertiary/aromatic N) is 3. The number of amides is 1. The van der Waals surface area contributed by atoms with Gasteiger partial charge in [-0.1, -0.05) is 23.9 Å². The molecule has 1 amide bonds. The van der Waals surface area contributed by atoms with Crippen molar-refractivity contribution < 1.29 is 13.2 Å². The van der Waals surface area contributed by atoms with Gasteiger partial charge in [-0.05, 0) is 24.1 Å². The molecule has 0 spiro atoms. The van der Waals surface area contributed by atoms with E-state index < -0.39 is 10.0 Å². The van der Waals surface area contributed by atoms with Gasteiger partial charge in [-0.2, -0.15) is 0 Å². The van der Waals surface area contributed by atoms with Crippen molar-refractivity contribution in [3.05, 3.63) is 35.2 Å². The highest BCUT2D eigenvalue weighted by Gasteiger charge is 2.31. The SMILES string of the molecule is O=C1CCCN1c1ccc(C2=CSC3=NS(=O)(=O)CCN23)cc1. The monoisotopic (exact) mass is 349 g/mol. The Bertz CT molecular complexity index is 828. The Kier molecular flexibility index (Phi) is 3.46. The molecule has 0 unspecified atom stereocenters. The van der Waals surface area contributed by atoms with Gasteiger partial charge in [0.1, 0.15) is 0 Å². The number of benzene rings is 1. The van der Waals surface area contributed by atoms with Gasteiger partial charge in [0.25, 0.3) is 10.0 Å². The zero-order chi connectivity index (χ0) is 16.0. The first-order valence-corrected chi connectivity index (χ1v) is 9.90. The number of rotatable bonds is 2. The number of sulfonamides is 1. The molecule has 0 saturated carbocycles. The van der Waals surface area contributed by atoms with Crippen LogP contribution in [-0.2, 0) is 14.8 Å². The number of carbonyl (C=O) groups is 1. The molecule has 1 fully saturated rings. The second-order valence-corrected chi connectivity index (χ2v) is 8.22. The number of hydrogen-bond acceptors (Lipinski definition) is 5. The Morgan fingerprint density at radius 1 is 1.09 bits per heavy atom. The van der Waals surface area contributed by atoms with E-state index in [-0.39, 0.29) is 11.7 Å². The average molecular weight is 349 g/mol. The van der Waals surface area contributed by atoms with E-state index in [4.69, 9.17) is 0 Å². The van der Waals surface area contributed by atoms with Crippen LogP contribution in [0.2, 0.25) is 0 Å². The predicted molar refractivity (Wildman–Crippen MR) is 91.5 cm³/mol. The van der Waals surface area contributed by atoms with Crippen LogP contribution in [0, 0.1) is 0 Å². The van der Waals surface area contributed by atoms with Gasteiger partial charge in [-0.25, -0.2) is 8.42 Å². The van der Waals surface area contributed by atoms with Crippen LogP contribution < -0.4 is 4.90 Å². The zero-order valence-corrected chi connectivity index (χ0v) is 13.9. The number of hydrogen-bond donors (Lipinski definition) is 0. The summed E-state index contributed by atoms with van der Waals surface area (Å²) in [6.45, 7) is 1.20. The van der Waals surface area contributed by atoms with Gasteiger partial charge in [0.05, 0.1) is 11.4 Å². The summed E-state index contributed by atoms with van der Waals surface area (Å²) in [5, 5.41) is 2.44. The van der Waals surface area contributed by atoms with E-state index >= 15 is 0 Å². The van der Waals surface area contributed by atoms with E-state index in [0.29, 0.717) is 18.1 Å². The first-order valence-electron chi connectivity index (χ1n) is 7.41. The molecular weight excluding hydrogens is 334 g/mol. The van der Waals surface area contributed by atoms with Crippen molar-refractivity contribution in [2.75, 3.05) is 23.7 Å². The standard InChI is InChI=1S/C15H15N3O3S2/c19-14-2-1-7-17(14)12-5-3-11(4-6-12)13-10-22-15-16-23(20,21)9-8-18(13)15/h3-6,10H,1-2,7-9H2. The van der Waals surface area contributed by atoms with Gasteiger partial charge in [-0.15, -0.1) is 4.40 Å². The summed E-state index contributed by atoms with van der Waals surface area (Å²) >= 11 is 1.33. The van der Waals surface area contributed by atoms with Crippen molar-refractivity contribution in [3.63, 3.8) is 0 Å². The predicted octanol–water partition coefficient (Wildman–Crippen LogP) is 1.86. The van der Waals surface area contributed by atoms with Crippen molar-refractivity contribution in [3.8, 4) is 0 Å². The van der Waals surface area contributed by atoms with Crippen molar-refractivity contribution in [1.29, 1.82) is 0 Å². The fourth-order valence-electron chi connectivity index (χ4n) is 2.95. The van der Waals surface area contributed by atoms with Crippen LogP contribution in [0.5, 0.6) is 0 Å². The lowest BCUT2D eigenvalue weighted by Gasteiger charge is -2.25. The van der Waals surface area contributed by atoms with E-state index in [1.54, 1.807) is 0 Å². The van der Waals surface area contributed by atoms with Crippen LogP contribution in [-0.4, -0.2) is 43.2 Å². The van der Waals surface area contributed by atoms with Crippen LogP contribution in [0.15, 0.2) is 34.1 Å². The molecule has 1 saturated heterocycles. The average Bonchev–Trinajstić information content (AvgIpc) is 3.12. The van der Waals surface area contributed by atoms with E-state index in [2.05, 4.69) is 4.40 Å². The maximum absolute atomic E-state index is 11.8. The summed E-state index contributed by atoms with van der Waals surface area (Å²) in [5.74, 6) is 0.207. The second kappa shape index (κ2) is 5.38. The molecule has 23 heavy (non-hydrogen) atoms.